The van der Waals surface area contributed by atoms with Crippen LogP contribution in [0.15, 0.2) is 18.2 Å². The first-order chi connectivity index (χ1) is 11.5. The molecule has 1 aromatic rings. The van der Waals surface area contributed by atoms with Crippen LogP contribution in [0, 0.1) is 24.7 Å². The van der Waals surface area contributed by atoms with Gasteiger partial charge >= 0.3 is 0 Å². The third-order valence-electron chi connectivity index (χ3n) is 5.48. The van der Waals surface area contributed by atoms with Crippen LogP contribution in [0.25, 0.3) is 0 Å². The van der Waals surface area contributed by atoms with Crippen LogP contribution in [0.5, 0.6) is 0 Å². The van der Waals surface area contributed by atoms with Crippen molar-refractivity contribution >= 4 is 29.1 Å². The van der Waals surface area contributed by atoms with Gasteiger partial charge in [0.15, 0.2) is 0 Å². The van der Waals surface area contributed by atoms with Crippen molar-refractivity contribution in [3.05, 3.63) is 28.8 Å². The Morgan fingerprint density at radius 2 is 2.04 bits per heavy atom. The Kier molecular flexibility index (Phi) is 5.11. The second-order valence-electron chi connectivity index (χ2n) is 6.94. The molecule has 24 heavy (non-hydrogen) atoms. The first-order valence-electron chi connectivity index (χ1n) is 8.55. The molecule has 2 saturated carbocycles. The second kappa shape index (κ2) is 7.11. The van der Waals surface area contributed by atoms with Crippen LogP contribution < -0.4 is 16.4 Å². The van der Waals surface area contributed by atoms with E-state index in [9.17, 15) is 9.59 Å². The zero-order valence-corrected chi connectivity index (χ0v) is 14.6. The van der Waals surface area contributed by atoms with Crippen LogP contribution in [-0.2, 0) is 9.59 Å². The van der Waals surface area contributed by atoms with E-state index in [1.54, 1.807) is 12.1 Å². The minimum absolute atomic E-state index is 0.00133. The normalized spacial score (nSPS) is 28.0. The largest absolute Gasteiger partial charge is 0.355 e. The highest BCUT2D eigenvalue weighted by Gasteiger charge is 2.48. The minimum Gasteiger partial charge on any atom is -0.355 e. The van der Waals surface area contributed by atoms with Crippen molar-refractivity contribution in [3.63, 3.8) is 0 Å². The molecule has 0 heterocycles. The number of nitrogens with two attached hydrogens (primary N) is 1. The molecule has 4 N–H and O–H groups in total. The second-order valence-corrected chi connectivity index (χ2v) is 7.35. The SMILES string of the molecule is Cc1c(Cl)cccc1NC(=O)CCNC(=O)C1C2CCC(C2)C1N. The third kappa shape index (κ3) is 3.42. The van der Waals surface area contributed by atoms with E-state index in [1.807, 2.05) is 13.0 Å². The monoisotopic (exact) mass is 349 g/mol. The number of nitrogens with one attached hydrogen (secondary N) is 2. The van der Waals surface area contributed by atoms with Gasteiger partial charge < -0.3 is 16.4 Å². The number of hydrogen-bond acceptors (Lipinski definition) is 3. The number of fused-ring (bicyclic) bond motifs is 2. The van der Waals surface area contributed by atoms with Gasteiger partial charge in [-0.2, -0.15) is 0 Å². The highest BCUT2D eigenvalue weighted by molar-refractivity contribution is 6.31. The van der Waals surface area contributed by atoms with Crippen molar-refractivity contribution in [2.45, 2.75) is 38.6 Å². The van der Waals surface area contributed by atoms with Crippen molar-refractivity contribution in [3.8, 4) is 0 Å². The van der Waals surface area contributed by atoms with E-state index < -0.39 is 0 Å². The summed E-state index contributed by atoms with van der Waals surface area (Å²) in [6.07, 6.45) is 3.56. The summed E-state index contributed by atoms with van der Waals surface area (Å²) in [6, 6.07) is 5.37. The number of benzene rings is 1. The molecule has 2 aliphatic carbocycles. The Morgan fingerprint density at radius 1 is 1.29 bits per heavy atom. The lowest BCUT2D eigenvalue weighted by atomic mass is 9.84. The number of hydrogen-bond donors (Lipinski definition) is 3. The molecule has 0 saturated heterocycles. The van der Waals surface area contributed by atoms with Gasteiger partial charge in [0.2, 0.25) is 11.8 Å². The molecule has 0 aromatic heterocycles. The lowest BCUT2D eigenvalue weighted by molar-refractivity contribution is -0.127. The van der Waals surface area contributed by atoms with Crippen molar-refractivity contribution in [1.82, 2.24) is 5.32 Å². The number of anilines is 1. The van der Waals surface area contributed by atoms with Gasteiger partial charge in [-0.3, -0.25) is 9.59 Å². The summed E-state index contributed by atoms with van der Waals surface area (Å²) in [5.41, 5.74) is 7.72. The molecule has 0 radical (unpaired) electrons. The lowest BCUT2D eigenvalue weighted by Gasteiger charge is -2.26. The van der Waals surface area contributed by atoms with Crippen LogP contribution in [0.1, 0.15) is 31.2 Å². The first kappa shape index (κ1) is 17.2. The van der Waals surface area contributed by atoms with E-state index in [4.69, 9.17) is 17.3 Å². The van der Waals surface area contributed by atoms with Gasteiger partial charge in [0.1, 0.15) is 0 Å². The molecule has 3 rings (SSSR count). The minimum atomic E-state index is -0.141. The fourth-order valence-corrected chi connectivity index (χ4v) is 4.27. The molecule has 1 aromatic carbocycles. The Labute approximate surface area is 147 Å². The van der Waals surface area contributed by atoms with E-state index >= 15 is 0 Å². The third-order valence-corrected chi connectivity index (χ3v) is 5.89. The van der Waals surface area contributed by atoms with Crippen molar-refractivity contribution in [2.24, 2.45) is 23.5 Å². The number of rotatable bonds is 5. The fourth-order valence-electron chi connectivity index (χ4n) is 4.10. The molecule has 0 aliphatic heterocycles. The number of carbonyl (C=O) groups excluding carboxylic acids is 2. The average Bonchev–Trinajstić information content (AvgIpc) is 3.12. The molecule has 6 heteroatoms. The maximum absolute atomic E-state index is 12.3. The Morgan fingerprint density at radius 3 is 2.75 bits per heavy atom. The van der Waals surface area contributed by atoms with E-state index in [2.05, 4.69) is 10.6 Å². The maximum Gasteiger partial charge on any atom is 0.226 e. The average molecular weight is 350 g/mol. The molecule has 2 fully saturated rings. The maximum atomic E-state index is 12.3. The van der Waals surface area contributed by atoms with Crippen LogP contribution in [-0.4, -0.2) is 24.4 Å². The summed E-state index contributed by atoms with van der Waals surface area (Å²) >= 11 is 6.04. The topological polar surface area (TPSA) is 84.2 Å². The smallest absolute Gasteiger partial charge is 0.226 e. The fraction of sp³-hybridized carbons (Fsp3) is 0.556. The van der Waals surface area contributed by atoms with Gasteiger partial charge in [-0.25, -0.2) is 0 Å². The molecule has 4 atom stereocenters. The van der Waals surface area contributed by atoms with Gasteiger partial charge in [0.05, 0.1) is 5.92 Å². The van der Waals surface area contributed by atoms with Crippen LogP contribution in [0.4, 0.5) is 5.69 Å². The zero-order chi connectivity index (χ0) is 17.3. The molecule has 2 amide bonds. The summed E-state index contributed by atoms with van der Waals surface area (Å²) in [7, 11) is 0. The summed E-state index contributed by atoms with van der Waals surface area (Å²) < 4.78 is 0. The Balaban J connectivity index is 1.45. The first-order valence-corrected chi connectivity index (χ1v) is 8.93. The molecule has 5 nitrogen and oxygen atoms in total. The molecule has 0 spiro atoms. The standard InChI is InChI=1S/C18H24ClN3O2/c1-10-13(19)3-2-4-14(10)22-15(23)7-8-21-18(24)16-11-5-6-12(9-11)17(16)20/h2-4,11-12,16-17H,5-9,20H2,1H3,(H,21,24)(H,22,23). The van der Waals surface area contributed by atoms with E-state index in [-0.39, 0.29) is 30.2 Å². The van der Waals surface area contributed by atoms with Gasteiger partial charge in [-0.05, 0) is 55.7 Å². The number of carbonyl (C=O) groups is 2. The number of amides is 2. The predicted molar refractivity (Wildman–Crippen MR) is 94.7 cm³/mol. The zero-order valence-electron chi connectivity index (χ0n) is 13.8. The van der Waals surface area contributed by atoms with Crippen LogP contribution in [0.3, 0.4) is 0 Å². The lowest BCUT2D eigenvalue weighted by Crippen LogP contribution is -2.45. The molecule has 2 aliphatic rings. The molecule has 2 bridgehead atoms. The summed E-state index contributed by atoms with van der Waals surface area (Å²) in [5, 5.41) is 6.32. The van der Waals surface area contributed by atoms with Gasteiger partial charge in [0.25, 0.3) is 0 Å². The highest BCUT2D eigenvalue weighted by Crippen LogP contribution is 2.47. The van der Waals surface area contributed by atoms with E-state index in [1.165, 1.54) is 0 Å². The van der Waals surface area contributed by atoms with Crippen molar-refractivity contribution in [1.29, 1.82) is 0 Å². The summed E-state index contributed by atoms with van der Waals surface area (Å²) in [4.78, 5) is 24.4. The Hall–Kier alpha value is -1.59. The Bertz CT molecular complexity index is 647. The van der Waals surface area contributed by atoms with Gasteiger partial charge in [0, 0.05) is 29.7 Å². The van der Waals surface area contributed by atoms with Gasteiger partial charge in [-0.15, -0.1) is 0 Å². The van der Waals surface area contributed by atoms with Gasteiger partial charge in [-0.1, -0.05) is 17.7 Å². The van der Waals surface area contributed by atoms with Crippen LogP contribution >= 0.6 is 11.6 Å². The van der Waals surface area contributed by atoms with Crippen molar-refractivity contribution < 1.29 is 9.59 Å². The highest BCUT2D eigenvalue weighted by atomic mass is 35.5. The molecule has 4 unspecified atom stereocenters. The summed E-state index contributed by atoms with van der Waals surface area (Å²) in [5.74, 6) is 0.703. The molecular formula is C18H24ClN3O2. The van der Waals surface area contributed by atoms with Crippen LogP contribution in [0.2, 0.25) is 5.02 Å². The predicted octanol–water partition coefficient (Wildman–Crippen LogP) is 2.47. The van der Waals surface area contributed by atoms with Crippen molar-refractivity contribution in [2.75, 3.05) is 11.9 Å². The van der Waals surface area contributed by atoms with E-state index in [0.29, 0.717) is 29.1 Å². The summed E-state index contributed by atoms with van der Waals surface area (Å²) in [6.45, 7) is 2.18. The quantitative estimate of drug-likeness (QED) is 0.763. The molecular weight excluding hydrogens is 326 g/mol. The van der Waals surface area contributed by atoms with E-state index in [0.717, 1.165) is 24.8 Å². The number of halogens is 1. The molecule has 130 valence electrons.